The fourth-order valence-corrected chi connectivity index (χ4v) is 3.56. The number of para-hydroxylation sites is 1. The summed E-state index contributed by atoms with van der Waals surface area (Å²) in [6.45, 7) is 1.04. The third kappa shape index (κ3) is 4.51. The third-order valence-electron chi connectivity index (χ3n) is 4.96. The molecule has 2 aromatic carbocycles. The number of rotatable bonds is 6. The number of nitrogen functional groups attached to an aromatic ring is 1. The van der Waals surface area contributed by atoms with Gasteiger partial charge in [-0.2, -0.15) is 0 Å². The van der Waals surface area contributed by atoms with Crippen LogP contribution in [-0.4, -0.2) is 39.9 Å². The molecule has 3 N–H and O–H groups in total. The minimum Gasteiger partial charge on any atom is -0.382 e. The Kier molecular flexibility index (Phi) is 5.86. The molecule has 1 amide bonds. The van der Waals surface area contributed by atoms with Gasteiger partial charge in [0.05, 0.1) is 17.8 Å². The average Bonchev–Trinajstić information content (AvgIpc) is 2.77. The van der Waals surface area contributed by atoms with Gasteiger partial charge in [-0.3, -0.25) is 9.78 Å². The maximum atomic E-state index is 12.6. The summed E-state index contributed by atoms with van der Waals surface area (Å²) in [5.41, 5.74) is 10.8. The van der Waals surface area contributed by atoms with E-state index < -0.39 is 0 Å². The van der Waals surface area contributed by atoms with Crippen LogP contribution in [0.3, 0.4) is 0 Å². The maximum absolute atomic E-state index is 12.6. The summed E-state index contributed by atoms with van der Waals surface area (Å²) >= 11 is 0. The fraction of sp³-hybridized carbons (Fsp3) is 0.167. The Labute approximate surface area is 181 Å². The number of anilines is 1. The van der Waals surface area contributed by atoms with E-state index in [0.717, 1.165) is 34.3 Å². The highest BCUT2D eigenvalue weighted by Gasteiger charge is 2.16. The zero-order chi connectivity index (χ0) is 21.8. The third-order valence-corrected chi connectivity index (χ3v) is 4.96. The summed E-state index contributed by atoms with van der Waals surface area (Å²) in [5.74, 6) is -0.281. The standard InChI is InChI=1S/C24H24N6O/c1-30(2)15-17-8-3-5-9-18(17)19-13-16-7-4-6-10-20(16)29-21(19)14-28-24(31)22-23(25)27-12-11-26-22/h3-13H,14-15H2,1-2H3,(H2,25,27)(H,28,31). The van der Waals surface area contributed by atoms with Crippen LogP contribution in [0, 0.1) is 0 Å². The van der Waals surface area contributed by atoms with Crippen LogP contribution >= 0.6 is 0 Å². The van der Waals surface area contributed by atoms with E-state index in [2.05, 4.69) is 38.4 Å². The summed E-state index contributed by atoms with van der Waals surface area (Å²) < 4.78 is 0. The minimum atomic E-state index is -0.381. The summed E-state index contributed by atoms with van der Waals surface area (Å²) in [6, 6.07) is 18.4. The number of hydrogen-bond acceptors (Lipinski definition) is 6. The molecule has 4 rings (SSSR count). The number of aromatic nitrogens is 3. The smallest absolute Gasteiger partial charge is 0.274 e. The normalized spacial score (nSPS) is 11.1. The first kappa shape index (κ1) is 20.4. The Morgan fingerprint density at radius 3 is 2.55 bits per heavy atom. The Morgan fingerprint density at radius 2 is 1.74 bits per heavy atom. The van der Waals surface area contributed by atoms with Crippen molar-refractivity contribution in [2.45, 2.75) is 13.1 Å². The molecule has 0 spiro atoms. The van der Waals surface area contributed by atoms with Crippen molar-refractivity contribution in [3.8, 4) is 11.1 Å². The number of hydrogen-bond donors (Lipinski definition) is 2. The quantitative estimate of drug-likeness (QED) is 0.505. The number of fused-ring (bicyclic) bond motifs is 1. The van der Waals surface area contributed by atoms with Gasteiger partial charge in [-0.15, -0.1) is 0 Å². The van der Waals surface area contributed by atoms with E-state index in [1.807, 2.05) is 50.5 Å². The minimum absolute atomic E-state index is 0.100. The van der Waals surface area contributed by atoms with Crippen LogP contribution in [0.4, 0.5) is 5.82 Å². The first-order valence-electron chi connectivity index (χ1n) is 9.99. The van der Waals surface area contributed by atoms with Crippen LogP contribution < -0.4 is 11.1 Å². The van der Waals surface area contributed by atoms with Crippen molar-refractivity contribution in [1.82, 2.24) is 25.2 Å². The second kappa shape index (κ2) is 8.89. The molecule has 0 unspecified atom stereocenters. The van der Waals surface area contributed by atoms with Crippen molar-refractivity contribution in [2.75, 3.05) is 19.8 Å². The Balaban J connectivity index is 1.75. The molecule has 4 aromatic rings. The molecular formula is C24H24N6O. The van der Waals surface area contributed by atoms with Gasteiger partial charge < -0.3 is 16.0 Å². The van der Waals surface area contributed by atoms with Gasteiger partial charge in [-0.05, 0) is 37.4 Å². The van der Waals surface area contributed by atoms with Gasteiger partial charge in [0.15, 0.2) is 11.5 Å². The fourth-order valence-electron chi connectivity index (χ4n) is 3.56. The number of carbonyl (C=O) groups is 1. The van der Waals surface area contributed by atoms with Crippen LogP contribution in [0.25, 0.3) is 22.0 Å². The van der Waals surface area contributed by atoms with Gasteiger partial charge >= 0.3 is 0 Å². The number of pyridine rings is 1. The highest BCUT2D eigenvalue weighted by Crippen LogP contribution is 2.30. The van der Waals surface area contributed by atoms with E-state index in [0.29, 0.717) is 0 Å². The topological polar surface area (TPSA) is 97.0 Å². The van der Waals surface area contributed by atoms with Crippen LogP contribution in [0.5, 0.6) is 0 Å². The maximum Gasteiger partial charge on any atom is 0.274 e. The van der Waals surface area contributed by atoms with Gasteiger partial charge in [0, 0.05) is 29.9 Å². The largest absolute Gasteiger partial charge is 0.382 e. The molecule has 0 fully saturated rings. The second-order valence-electron chi connectivity index (χ2n) is 7.54. The van der Waals surface area contributed by atoms with Crippen molar-refractivity contribution in [2.24, 2.45) is 0 Å². The molecular weight excluding hydrogens is 388 g/mol. The van der Waals surface area contributed by atoms with E-state index >= 15 is 0 Å². The molecule has 7 nitrogen and oxygen atoms in total. The highest BCUT2D eigenvalue weighted by atomic mass is 16.1. The van der Waals surface area contributed by atoms with Crippen molar-refractivity contribution in [3.63, 3.8) is 0 Å². The van der Waals surface area contributed by atoms with Crippen LogP contribution in [0.15, 0.2) is 67.0 Å². The molecule has 0 bridgehead atoms. The Hall–Kier alpha value is -3.84. The zero-order valence-corrected chi connectivity index (χ0v) is 17.5. The Morgan fingerprint density at radius 1 is 1.00 bits per heavy atom. The van der Waals surface area contributed by atoms with Gasteiger partial charge in [0.25, 0.3) is 5.91 Å². The van der Waals surface area contributed by atoms with Crippen molar-refractivity contribution in [3.05, 3.63) is 83.9 Å². The number of nitrogens with two attached hydrogens (primary N) is 1. The lowest BCUT2D eigenvalue weighted by Gasteiger charge is -2.17. The molecule has 0 radical (unpaired) electrons. The van der Waals surface area contributed by atoms with E-state index in [1.165, 1.54) is 18.0 Å². The molecule has 0 atom stereocenters. The van der Waals surface area contributed by atoms with Crippen molar-refractivity contribution >= 4 is 22.6 Å². The zero-order valence-electron chi connectivity index (χ0n) is 17.5. The van der Waals surface area contributed by atoms with E-state index in [1.54, 1.807) is 0 Å². The lowest BCUT2D eigenvalue weighted by Crippen LogP contribution is -2.26. The van der Waals surface area contributed by atoms with Gasteiger partial charge in [0.2, 0.25) is 0 Å². The number of nitrogens with one attached hydrogen (secondary N) is 1. The predicted molar refractivity (Wildman–Crippen MR) is 122 cm³/mol. The predicted octanol–water partition coefficient (Wildman–Crippen LogP) is 3.27. The summed E-state index contributed by atoms with van der Waals surface area (Å²) in [7, 11) is 4.09. The highest BCUT2D eigenvalue weighted by molar-refractivity contribution is 5.96. The molecule has 31 heavy (non-hydrogen) atoms. The number of benzene rings is 2. The molecule has 0 aliphatic carbocycles. The first-order valence-corrected chi connectivity index (χ1v) is 9.99. The molecule has 0 saturated carbocycles. The molecule has 0 aliphatic rings. The SMILES string of the molecule is CN(C)Cc1ccccc1-c1cc2ccccc2nc1CNC(=O)c1nccnc1N. The molecule has 156 valence electrons. The van der Waals surface area contributed by atoms with E-state index in [9.17, 15) is 4.79 Å². The van der Waals surface area contributed by atoms with E-state index in [-0.39, 0.29) is 24.0 Å². The van der Waals surface area contributed by atoms with Crippen molar-refractivity contribution in [1.29, 1.82) is 0 Å². The first-order chi connectivity index (χ1) is 15.0. The molecule has 2 heterocycles. The molecule has 0 aliphatic heterocycles. The molecule has 2 aromatic heterocycles. The number of carbonyl (C=O) groups excluding carboxylic acids is 1. The van der Waals surface area contributed by atoms with Gasteiger partial charge in [0.1, 0.15) is 0 Å². The lowest BCUT2D eigenvalue weighted by molar-refractivity contribution is 0.0946. The van der Waals surface area contributed by atoms with Crippen LogP contribution in [0.2, 0.25) is 0 Å². The number of nitrogens with zero attached hydrogens (tertiary/aromatic N) is 4. The second-order valence-corrected chi connectivity index (χ2v) is 7.54. The van der Waals surface area contributed by atoms with E-state index in [4.69, 9.17) is 10.7 Å². The molecule has 7 heteroatoms. The summed E-state index contributed by atoms with van der Waals surface area (Å²) in [5, 5.41) is 3.94. The van der Waals surface area contributed by atoms with Gasteiger partial charge in [-0.1, -0.05) is 42.5 Å². The van der Waals surface area contributed by atoms with Crippen LogP contribution in [-0.2, 0) is 13.1 Å². The average molecular weight is 412 g/mol. The monoisotopic (exact) mass is 412 g/mol. The summed E-state index contributed by atoms with van der Waals surface area (Å²) in [6.07, 6.45) is 2.90. The van der Waals surface area contributed by atoms with Crippen molar-refractivity contribution < 1.29 is 4.79 Å². The Bertz CT molecular complexity index is 1240. The van der Waals surface area contributed by atoms with Crippen LogP contribution in [0.1, 0.15) is 21.7 Å². The van der Waals surface area contributed by atoms with Gasteiger partial charge in [-0.25, -0.2) is 9.97 Å². The number of amides is 1. The summed E-state index contributed by atoms with van der Waals surface area (Å²) in [4.78, 5) is 27.6. The molecule has 0 saturated heterocycles. The lowest BCUT2D eigenvalue weighted by atomic mass is 9.96.